The Morgan fingerprint density at radius 2 is 1.92 bits per heavy atom. The molecule has 5 heteroatoms. The van der Waals surface area contributed by atoms with Crippen molar-refractivity contribution >= 4 is 11.8 Å². The number of aryl methyl sites for hydroxylation is 1. The predicted octanol–water partition coefficient (Wildman–Crippen LogP) is 5.09. The molecule has 0 saturated carbocycles. The molecule has 1 heterocycles. The molecular formula is C19H20FN3S. The van der Waals surface area contributed by atoms with Gasteiger partial charge in [-0.3, -0.25) is 0 Å². The lowest BCUT2D eigenvalue weighted by molar-refractivity contribution is 0.615. The van der Waals surface area contributed by atoms with Gasteiger partial charge in [0.25, 0.3) is 0 Å². The molecule has 0 fully saturated rings. The Bertz CT molecular complexity index is 829. The van der Waals surface area contributed by atoms with E-state index in [1.54, 1.807) is 6.07 Å². The van der Waals surface area contributed by atoms with Crippen molar-refractivity contribution in [3.8, 4) is 11.4 Å². The molecule has 0 radical (unpaired) electrons. The Morgan fingerprint density at radius 1 is 1.08 bits per heavy atom. The monoisotopic (exact) mass is 341 g/mol. The number of benzene rings is 2. The highest BCUT2D eigenvalue weighted by Crippen LogP contribution is 2.27. The molecule has 124 valence electrons. The molecule has 0 aliphatic heterocycles. The van der Waals surface area contributed by atoms with Gasteiger partial charge in [0.1, 0.15) is 5.82 Å². The molecule has 0 N–H and O–H groups in total. The van der Waals surface area contributed by atoms with Crippen LogP contribution in [0.2, 0.25) is 0 Å². The first-order valence-electron chi connectivity index (χ1n) is 8.05. The summed E-state index contributed by atoms with van der Waals surface area (Å²) in [5, 5.41) is 9.55. The van der Waals surface area contributed by atoms with Crippen molar-refractivity contribution in [2.45, 2.75) is 37.7 Å². The van der Waals surface area contributed by atoms with E-state index in [4.69, 9.17) is 0 Å². The van der Waals surface area contributed by atoms with Gasteiger partial charge in [-0.15, -0.1) is 10.2 Å². The summed E-state index contributed by atoms with van der Waals surface area (Å²) in [6.07, 6.45) is 0.990. The number of thioether (sulfide) groups is 1. The second-order valence-corrected chi connectivity index (χ2v) is 6.65. The number of aromatic nitrogens is 3. The summed E-state index contributed by atoms with van der Waals surface area (Å²) >= 11 is 1.52. The maximum atomic E-state index is 13.8. The molecule has 0 aliphatic carbocycles. The fourth-order valence-corrected chi connectivity index (χ4v) is 3.53. The highest BCUT2D eigenvalue weighted by Gasteiger charge is 2.14. The summed E-state index contributed by atoms with van der Waals surface area (Å²) in [7, 11) is 0. The largest absolute Gasteiger partial charge is 0.302 e. The molecule has 3 nitrogen and oxygen atoms in total. The Labute approximate surface area is 145 Å². The smallest absolute Gasteiger partial charge is 0.191 e. The summed E-state index contributed by atoms with van der Waals surface area (Å²) < 4.78 is 15.9. The quantitative estimate of drug-likeness (QED) is 0.585. The Balaban J connectivity index is 1.87. The van der Waals surface area contributed by atoms with Gasteiger partial charge in [0.2, 0.25) is 0 Å². The Morgan fingerprint density at radius 3 is 2.67 bits per heavy atom. The fourth-order valence-electron chi connectivity index (χ4n) is 2.58. The van der Waals surface area contributed by atoms with Crippen LogP contribution in [0, 0.1) is 12.7 Å². The molecule has 3 aromatic rings. The van der Waals surface area contributed by atoms with E-state index < -0.39 is 0 Å². The molecule has 0 saturated heterocycles. The maximum Gasteiger partial charge on any atom is 0.191 e. The second-order valence-electron chi connectivity index (χ2n) is 5.71. The zero-order valence-corrected chi connectivity index (χ0v) is 14.7. The highest BCUT2D eigenvalue weighted by atomic mass is 32.2. The Hall–Kier alpha value is -2.14. The van der Waals surface area contributed by atoms with Gasteiger partial charge in [-0.25, -0.2) is 4.39 Å². The lowest BCUT2D eigenvalue weighted by Crippen LogP contribution is -2.02. The third-order valence-corrected chi connectivity index (χ3v) is 4.77. The van der Waals surface area contributed by atoms with E-state index in [2.05, 4.69) is 46.8 Å². The standard InChI is InChI=1S/C19H20FN3S/c1-3-11-23-18(15-9-6-7-14(2)12-15)21-22-19(23)24-13-16-8-4-5-10-17(16)20/h4-10,12H,3,11,13H2,1-2H3. The summed E-state index contributed by atoms with van der Waals surface area (Å²) in [4.78, 5) is 0. The fraction of sp³-hybridized carbons (Fsp3) is 0.263. The van der Waals surface area contributed by atoms with E-state index in [9.17, 15) is 4.39 Å². The first-order chi connectivity index (χ1) is 11.7. The molecule has 0 amide bonds. The predicted molar refractivity (Wildman–Crippen MR) is 96.4 cm³/mol. The van der Waals surface area contributed by atoms with Crippen LogP contribution in [0.3, 0.4) is 0 Å². The van der Waals surface area contributed by atoms with Crippen molar-refractivity contribution in [2.75, 3.05) is 0 Å². The number of halogens is 1. The minimum absolute atomic E-state index is 0.175. The minimum atomic E-state index is -0.175. The number of rotatable bonds is 6. The zero-order valence-electron chi connectivity index (χ0n) is 13.9. The van der Waals surface area contributed by atoms with Gasteiger partial charge in [-0.2, -0.15) is 0 Å². The van der Waals surface area contributed by atoms with Gasteiger partial charge in [0.05, 0.1) is 0 Å². The average Bonchev–Trinajstić information content (AvgIpc) is 2.97. The third-order valence-electron chi connectivity index (χ3n) is 3.75. The van der Waals surface area contributed by atoms with Crippen molar-refractivity contribution in [3.05, 3.63) is 65.5 Å². The van der Waals surface area contributed by atoms with E-state index in [1.165, 1.54) is 23.4 Å². The molecule has 3 rings (SSSR count). The van der Waals surface area contributed by atoms with Crippen molar-refractivity contribution < 1.29 is 4.39 Å². The van der Waals surface area contributed by atoms with E-state index >= 15 is 0 Å². The molecule has 24 heavy (non-hydrogen) atoms. The molecule has 1 aromatic heterocycles. The molecule has 0 spiro atoms. The van der Waals surface area contributed by atoms with Gasteiger partial charge in [0, 0.05) is 17.9 Å². The van der Waals surface area contributed by atoms with Crippen LogP contribution in [-0.2, 0) is 12.3 Å². The van der Waals surface area contributed by atoms with Gasteiger partial charge < -0.3 is 4.57 Å². The van der Waals surface area contributed by atoms with E-state index in [0.717, 1.165) is 29.5 Å². The van der Waals surface area contributed by atoms with E-state index in [-0.39, 0.29) is 5.82 Å². The lowest BCUT2D eigenvalue weighted by atomic mass is 10.1. The zero-order chi connectivity index (χ0) is 16.9. The van der Waals surface area contributed by atoms with Crippen LogP contribution in [0.15, 0.2) is 53.7 Å². The molecule has 2 aromatic carbocycles. The van der Waals surface area contributed by atoms with E-state index in [1.807, 2.05) is 18.2 Å². The molecule has 0 aliphatic rings. The van der Waals surface area contributed by atoms with Crippen molar-refractivity contribution in [1.29, 1.82) is 0 Å². The second kappa shape index (κ2) is 7.62. The first-order valence-corrected chi connectivity index (χ1v) is 9.04. The van der Waals surface area contributed by atoms with E-state index in [0.29, 0.717) is 11.3 Å². The number of hydrogen-bond donors (Lipinski definition) is 0. The summed E-state index contributed by atoms with van der Waals surface area (Å²) in [5.74, 6) is 1.24. The number of nitrogens with zero attached hydrogens (tertiary/aromatic N) is 3. The molecule has 0 bridgehead atoms. The molecular weight excluding hydrogens is 321 g/mol. The van der Waals surface area contributed by atoms with Crippen LogP contribution in [-0.4, -0.2) is 14.8 Å². The van der Waals surface area contributed by atoms with Crippen LogP contribution < -0.4 is 0 Å². The number of hydrogen-bond acceptors (Lipinski definition) is 3. The van der Waals surface area contributed by atoms with Gasteiger partial charge in [-0.1, -0.05) is 60.6 Å². The minimum Gasteiger partial charge on any atom is -0.302 e. The van der Waals surface area contributed by atoms with Crippen LogP contribution in [0.4, 0.5) is 4.39 Å². The van der Waals surface area contributed by atoms with Crippen molar-refractivity contribution in [2.24, 2.45) is 0 Å². The lowest BCUT2D eigenvalue weighted by Gasteiger charge is -2.09. The summed E-state index contributed by atoms with van der Waals surface area (Å²) in [6, 6.07) is 15.1. The van der Waals surface area contributed by atoms with Crippen molar-refractivity contribution in [3.63, 3.8) is 0 Å². The summed E-state index contributed by atoms with van der Waals surface area (Å²) in [6.45, 7) is 5.04. The normalized spacial score (nSPS) is 11.0. The van der Waals surface area contributed by atoms with Gasteiger partial charge in [0.15, 0.2) is 11.0 Å². The maximum absolute atomic E-state index is 13.8. The van der Waals surface area contributed by atoms with Gasteiger partial charge in [-0.05, 0) is 31.0 Å². The van der Waals surface area contributed by atoms with Crippen LogP contribution >= 0.6 is 11.8 Å². The SMILES string of the molecule is CCCn1c(SCc2ccccc2F)nnc1-c1cccc(C)c1. The molecule has 0 unspecified atom stereocenters. The first kappa shape index (κ1) is 16.7. The Kier molecular flexibility index (Phi) is 5.30. The average molecular weight is 341 g/mol. The van der Waals surface area contributed by atoms with Crippen LogP contribution in [0.1, 0.15) is 24.5 Å². The summed E-state index contributed by atoms with van der Waals surface area (Å²) in [5.41, 5.74) is 2.94. The van der Waals surface area contributed by atoms with Crippen LogP contribution in [0.25, 0.3) is 11.4 Å². The molecule has 0 atom stereocenters. The van der Waals surface area contributed by atoms with Crippen molar-refractivity contribution in [1.82, 2.24) is 14.8 Å². The topological polar surface area (TPSA) is 30.7 Å². The van der Waals surface area contributed by atoms with Crippen LogP contribution in [0.5, 0.6) is 0 Å². The third kappa shape index (κ3) is 3.67. The highest BCUT2D eigenvalue weighted by molar-refractivity contribution is 7.98. The van der Waals surface area contributed by atoms with Gasteiger partial charge >= 0.3 is 0 Å².